The molecule has 142 valence electrons. The Bertz CT molecular complexity index is 730. The quantitative estimate of drug-likeness (QED) is 0.723. The molecular formula is C24H29NO2. The molecule has 27 heavy (non-hydrogen) atoms. The van der Waals surface area contributed by atoms with Gasteiger partial charge in [-0.05, 0) is 29.9 Å². The van der Waals surface area contributed by atoms with E-state index in [-0.39, 0.29) is 17.5 Å². The molecule has 3 nitrogen and oxygen atoms in total. The highest BCUT2D eigenvalue weighted by Crippen LogP contribution is 2.56. The normalized spacial score (nSPS) is 26.7. The van der Waals surface area contributed by atoms with Gasteiger partial charge in [0.25, 0.3) is 0 Å². The third kappa shape index (κ3) is 3.29. The molecule has 3 heteroatoms. The molecule has 0 aromatic heterocycles. The van der Waals surface area contributed by atoms with Crippen molar-refractivity contribution in [2.75, 3.05) is 6.54 Å². The molecule has 3 atom stereocenters. The van der Waals surface area contributed by atoms with Gasteiger partial charge in [-0.1, -0.05) is 86.8 Å². The van der Waals surface area contributed by atoms with Gasteiger partial charge in [0, 0.05) is 6.54 Å². The first-order chi connectivity index (χ1) is 13.1. The SMILES string of the molecule is CC(C(=O)O)[C@]1(C2CCCCC2)CN1C(c1ccccc1)c1ccccc1. The predicted molar refractivity (Wildman–Crippen MR) is 108 cm³/mol. The molecule has 2 aromatic carbocycles. The Morgan fingerprint density at radius 2 is 1.48 bits per heavy atom. The van der Waals surface area contributed by atoms with Gasteiger partial charge in [-0.2, -0.15) is 0 Å². The number of nitrogens with zero attached hydrogens (tertiary/aromatic N) is 1. The molecule has 2 fully saturated rings. The number of carbonyl (C=O) groups is 1. The second-order valence-electron chi connectivity index (χ2n) is 8.24. The molecule has 0 spiro atoms. The lowest BCUT2D eigenvalue weighted by atomic mass is 9.73. The van der Waals surface area contributed by atoms with E-state index in [1.807, 2.05) is 19.1 Å². The van der Waals surface area contributed by atoms with E-state index < -0.39 is 5.97 Å². The average Bonchev–Trinajstić information content (AvgIpc) is 3.46. The van der Waals surface area contributed by atoms with Gasteiger partial charge in [-0.3, -0.25) is 9.69 Å². The lowest BCUT2D eigenvalue weighted by Crippen LogP contribution is -2.42. The zero-order valence-corrected chi connectivity index (χ0v) is 16.1. The van der Waals surface area contributed by atoms with Gasteiger partial charge in [0.15, 0.2) is 0 Å². The lowest BCUT2D eigenvalue weighted by molar-refractivity contribution is -0.143. The van der Waals surface area contributed by atoms with E-state index in [1.54, 1.807) is 0 Å². The van der Waals surface area contributed by atoms with Crippen LogP contribution in [0.2, 0.25) is 0 Å². The van der Waals surface area contributed by atoms with Gasteiger partial charge in [0.05, 0.1) is 17.5 Å². The summed E-state index contributed by atoms with van der Waals surface area (Å²) in [5.74, 6) is -0.536. The lowest BCUT2D eigenvalue weighted by Gasteiger charge is -2.36. The van der Waals surface area contributed by atoms with Crippen molar-refractivity contribution >= 4 is 5.97 Å². The number of rotatable bonds is 6. The number of carboxylic acids is 1. The van der Waals surface area contributed by atoms with Crippen molar-refractivity contribution in [3.63, 3.8) is 0 Å². The highest BCUT2D eigenvalue weighted by atomic mass is 16.4. The van der Waals surface area contributed by atoms with Crippen LogP contribution in [0.25, 0.3) is 0 Å². The van der Waals surface area contributed by atoms with Crippen LogP contribution in [0.5, 0.6) is 0 Å². The predicted octanol–water partition coefficient (Wildman–Crippen LogP) is 5.13. The van der Waals surface area contributed by atoms with Crippen LogP contribution in [0.1, 0.15) is 56.2 Å². The first kappa shape index (κ1) is 18.2. The molecule has 2 unspecified atom stereocenters. The molecule has 1 saturated heterocycles. The standard InChI is InChI=1S/C24H29NO2/c1-18(23(26)27)24(21-15-9-4-10-16-21)17-25(24)22(19-11-5-2-6-12-19)20-13-7-3-8-14-20/h2-3,5-8,11-14,18,21-22H,4,9-10,15-17H2,1H3,(H,26,27)/t18?,24-,25?/m0/s1. The molecule has 1 N–H and O–H groups in total. The van der Waals surface area contributed by atoms with Crippen LogP contribution < -0.4 is 0 Å². The summed E-state index contributed by atoms with van der Waals surface area (Å²) in [4.78, 5) is 14.5. The van der Waals surface area contributed by atoms with E-state index in [4.69, 9.17) is 0 Å². The van der Waals surface area contributed by atoms with Crippen LogP contribution in [0.15, 0.2) is 60.7 Å². The smallest absolute Gasteiger partial charge is 0.308 e. The Hall–Kier alpha value is -2.13. The Morgan fingerprint density at radius 1 is 0.963 bits per heavy atom. The Labute approximate surface area is 162 Å². The van der Waals surface area contributed by atoms with Gasteiger partial charge in [-0.25, -0.2) is 0 Å². The molecule has 4 rings (SSSR count). The zero-order chi connectivity index (χ0) is 18.9. The number of hydrogen-bond acceptors (Lipinski definition) is 2. The largest absolute Gasteiger partial charge is 0.481 e. The molecular weight excluding hydrogens is 334 g/mol. The second kappa shape index (κ2) is 7.47. The molecule has 0 bridgehead atoms. The van der Waals surface area contributed by atoms with Crippen LogP contribution >= 0.6 is 0 Å². The third-order valence-electron chi connectivity index (χ3n) is 6.83. The Kier molecular flexibility index (Phi) is 5.05. The van der Waals surface area contributed by atoms with Crippen LogP contribution in [-0.2, 0) is 4.79 Å². The summed E-state index contributed by atoms with van der Waals surface area (Å²) >= 11 is 0. The molecule has 0 amide bonds. The van der Waals surface area contributed by atoms with Gasteiger partial charge >= 0.3 is 5.97 Å². The molecule has 1 saturated carbocycles. The van der Waals surface area contributed by atoms with E-state index in [2.05, 4.69) is 53.4 Å². The Morgan fingerprint density at radius 3 is 1.96 bits per heavy atom. The summed E-state index contributed by atoms with van der Waals surface area (Å²) < 4.78 is 0. The molecule has 1 heterocycles. The summed E-state index contributed by atoms with van der Waals surface area (Å²) in [6.45, 7) is 2.80. The maximum atomic E-state index is 12.0. The zero-order valence-electron chi connectivity index (χ0n) is 16.1. The Balaban J connectivity index is 1.74. The van der Waals surface area contributed by atoms with E-state index in [1.165, 1.54) is 30.4 Å². The van der Waals surface area contributed by atoms with Gasteiger partial charge in [0.1, 0.15) is 0 Å². The van der Waals surface area contributed by atoms with Crippen LogP contribution in [-0.4, -0.2) is 28.1 Å². The summed E-state index contributed by atoms with van der Waals surface area (Å²) in [7, 11) is 0. The van der Waals surface area contributed by atoms with Crippen molar-refractivity contribution in [2.24, 2.45) is 11.8 Å². The van der Waals surface area contributed by atoms with Crippen molar-refractivity contribution in [2.45, 2.75) is 50.6 Å². The van der Waals surface area contributed by atoms with Gasteiger partial charge in [0.2, 0.25) is 0 Å². The highest BCUT2D eigenvalue weighted by molar-refractivity contribution is 5.72. The highest BCUT2D eigenvalue weighted by Gasteiger charge is 2.64. The van der Waals surface area contributed by atoms with E-state index in [0.29, 0.717) is 5.92 Å². The summed E-state index contributed by atoms with van der Waals surface area (Å²) in [6, 6.07) is 21.2. The summed E-state index contributed by atoms with van der Waals surface area (Å²) in [5, 5.41) is 9.90. The fourth-order valence-corrected chi connectivity index (χ4v) is 5.31. The van der Waals surface area contributed by atoms with E-state index in [0.717, 1.165) is 19.4 Å². The van der Waals surface area contributed by atoms with Crippen molar-refractivity contribution < 1.29 is 9.90 Å². The number of benzene rings is 2. The van der Waals surface area contributed by atoms with E-state index >= 15 is 0 Å². The molecule has 1 aliphatic heterocycles. The van der Waals surface area contributed by atoms with Crippen molar-refractivity contribution in [1.82, 2.24) is 4.90 Å². The minimum Gasteiger partial charge on any atom is -0.481 e. The number of hydrogen-bond donors (Lipinski definition) is 1. The van der Waals surface area contributed by atoms with Crippen molar-refractivity contribution in [3.8, 4) is 0 Å². The minimum atomic E-state index is -0.664. The molecule has 0 radical (unpaired) electrons. The first-order valence-corrected chi connectivity index (χ1v) is 10.2. The molecule has 2 aromatic rings. The van der Waals surface area contributed by atoms with E-state index in [9.17, 15) is 9.90 Å². The topological polar surface area (TPSA) is 40.3 Å². The van der Waals surface area contributed by atoms with Crippen LogP contribution in [0, 0.1) is 11.8 Å². The monoisotopic (exact) mass is 363 g/mol. The van der Waals surface area contributed by atoms with Crippen LogP contribution in [0.4, 0.5) is 0 Å². The van der Waals surface area contributed by atoms with Gasteiger partial charge < -0.3 is 5.11 Å². The van der Waals surface area contributed by atoms with Crippen LogP contribution in [0.3, 0.4) is 0 Å². The third-order valence-corrected chi connectivity index (χ3v) is 6.83. The first-order valence-electron chi connectivity index (χ1n) is 10.2. The minimum absolute atomic E-state index is 0.121. The van der Waals surface area contributed by atoms with Gasteiger partial charge in [-0.15, -0.1) is 0 Å². The van der Waals surface area contributed by atoms with Crippen molar-refractivity contribution in [3.05, 3.63) is 71.8 Å². The van der Waals surface area contributed by atoms with Crippen molar-refractivity contribution in [1.29, 1.82) is 0 Å². The fourth-order valence-electron chi connectivity index (χ4n) is 5.31. The maximum Gasteiger partial charge on any atom is 0.308 e. The maximum absolute atomic E-state index is 12.0. The number of carboxylic acid groups (broad SMARTS) is 1. The fraction of sp³-hybridized carbons (Fsp3) is 0.458. The molecule has 1 aliphatic carbocycles. The molecule has 2 aliphatic rings. The average molecular weight is 364 g/mol. The number of aliphatic carboxylic acids is 1. The summed E-state index contributed by atoms with van der Waals surface area (Å²) in [5.41, 5.74) is 2.28. The summed E-state index contributed by atoms with van der Waals surface area (Å²) in [6.07, 6.45) is 6.06. The second-order valence-corrected chi connectivity index (χ2v) is 8.24.